The van der Waals surface area contributed by atoms with Crippen molar-refractivity contribution in [2.45, 2.75) is 56.2 Å². The van der Waals surface area contributed by atoms with E-state index in [0.29, 0.717) is 11.9 Å². The van der Waals surface area contributed by atoms with Crippen molar-refractivity contribution in [3.63, 3.8) is 0 Å². The third-order valence-electron chi connectivity index (χ3n) is 5.99. The molecule has 0 atom stereocenters. The van der Waals surface area contributed by atoms with Crippen molar-refractivity contribution < 1.29 is 13.2 Å². The number of amides is 1. The predicted octanol–water partition coefficient (Wildman–Crippen LogP) is 4.93. The van der Waals surface area contributed by atoms with Crippen LogP contribution >= 0.6 is 0 Å². The highest BCUT2D eigenvalue weighted by Gasteiger charge is 2.22. The number of aryl methyl sites for hydroxylation is 1. The average Bonchev–Trinajstić information content (AvgIpc) is 3.14. The van der Waals surface area contributed by atoms with Crippen molar-refractivity contribution in [3.8, 4) is 0 Å². The van der Waals surface area contributed by atoms with Crippen LogP contribution in [0, 0.1) is 6.92 Å². The van der Waals surface area contributed by atoms with Gasteiger partial charge < -0.3 is 9.88 Å². The van der Waals surface area contributed by atoms with Crippen LogP contribution in [0.2, 0.25) is 0 Å². The molecule has 0 saturated heterocycles. The number of aromatic nitrogens is 1. The summed E-state index contributed by atoms with van der Waals surface area (Å²) >= 11 is 0. The number of nitrogens with one attached hydrogen (secondary N) is 1. The summed E-state index contributed by atoms with van der Waals surface area (Å²) in [4.78, 5) is 12.9. The number of allylic oxidation sites excluding steroid dienone is 1. The predicted molar refractivity (Wildman–Crippen MR) is 128 cm³/mol. The van der Waals surface area contributed by atoms with E-state index in [1.54, 1.807) is 10.8 Å². The number of hydrogen-bond donors (Lipinski definition) is 1. The van der Waals surface area contributed by atoms with Crippen LogP contribution in [-0.2, 0) is 26.9 Å². The van der Waals surface area contributed by atoms with Gasteiger partial charge >= 0.3 is 0 Å². The van der Waals surface area contributed by atoms with Crippen molar-refractivity contribution in [3.05, 3.63) is 77.5 Å². The van der Waals surface area contributed by atoms with E-state index in [-0.39, 0.29) is 23.1 Å². The third kappa shape index (κ3) is 5.30. The number of sulfone groups is 1. The van der Waals surface area contributed by atoms with Gasteiger partial charge in [-0.1, -0.05) is 59.7 Å². The van der Waals surface area contributed by atoms with Gasteiger partial charge in [-0.15, -0.1) is 0 Å². The van der Waals surface area contributed by atoms with Gasteiger partial charge in [0.1, 0.15) is 6.54 Å². The number of nitrogens with zero attached hydrogens (tertiary/aromatic N) is 1. The van der Waals surface area contributed by atoms with Crippen LogP contribution in [0.25, 0.3) is 10.9 Å². The van der Waals surface area contributed by atoms with E-state index in [2.05, 4.69) is 11.4 Å². The van der Waals surface area contributed by atoms with Crippen molar-refractivity contribution >= 4 is 26.6 Å². The number of hydrogen-bond acceptors (Lipinski definition) is 3. The first-order valence-electron chi connectivity index (χ1n) is 11.2. The lowest BCUT2D eigenvalue weighted by Crippen LogP contribution is -2.28. The molecule has 0 saturated carbocycles. The van der Waals surface area contributed by atoms with E-state index in [1.165, 1.54) is 18.4 Å². The Hall–Kier alpha value is -2.86. The van der Waals surface area contributed by atoms with Gasteiger partial charge in [0.05, 0.1) is 10.6 Å². The van der Waals surface area contributed by atoms with Gasteiger partial charge in [0.25, 0.3) is 0 Å². The molecular weight excluding hydrogens is 420 g/mol. The number of carbonyl (C=O) groups excluding carboxylic acids is 1. The molecule has 1 aliphatic rings. The summed E-state index contributed by atoms with van der Waals surface area (Å²) in [5.74, 6) is -0.172. The Morgan fingerprint density at radius 3 is 2.72 bits per heavy atom. The fourth-order valence-electron chi connectivity index (χ4n) is 4.40. The second-order valence-corrected chi connectivity index (χ2v) is 10.6. The summed E-state index contributed by atoms with van der Waals surface area (Å²) in [5, 5.41) is 3.64. The van der Waals surface area contributed by atoms with E-state index in [1.807, 2.05) is 55.5 Å². The fourth-order valence-corrected chi connectivity index (χ4v) is 5.97. The largest absolute Gasteiger partial charge is 0.354 e. The Morgan fingerprint density at radius 2 is 1.94 bits per heavy atom. The summed E-state index contributed by atoms with van der Waals surface area (Å²) < 4.78 is 28.2. The molecule has 168 valence electrons. The molecule has 1 amide bonds. The zero-order valence-corrected chi connectivity index (χ0v) is 19.3. The number of benzene rings is 2. The summed E-state index contributed by atoms with van der Waals surface area (Å²) in [6.45, 7) is 2.66. The number of rotatable bonds is 8. The Kier molecular flexibility index (Phi) is 6.80. The second kappa shape index (κ2) is 9.74. The molecule has 0 radical (unpaired) electrons. The first-order valence-corrected chi connectivity index (χ1v) is 12.9. The molecule has 0 aliphatic heterocycles. The van der Waals surface area contributed by atoms with Crippen LogP contribution in [0.5, 0.6) is 0 Å². The van der Waals surface area contributed by atoms with Crippen molar-refractivity contribution in [1.29, 1.82) is 0 Å². The maximum Gasteiger partial charge on any atom is 0.239 e. The second-order valence-electron chi connectivity index (χ2n) is 8.59. The lowest BCUT2D eigenvalue weighted by molar-refractivity contribution is -0.121. The number of carbonyl (C=O) groups is 1. The zero-order valence-electron chi connectivity index (χ0n) is 18.5. The van der Waals surface area contributed by atoms with E-state index in [0.717, 1.165) is 35.9 Å². The fraction of sp³-hybridized carbons (Fsp3) is 0.346. The Morgan fingerprint density at radius 1 is 1.09 bits per heavy atom. The van der Waals surface area contributed by atoms with E-state index >= 15 is 0 Å². The first kappa shape index (κ1) is 22.3. The summed E-state index contributed by atoms with van der Waals surface area (Å²) in [6, 6.07) is 14.9. The molecule has 4 rings (SSSR count). The lowest BCUT2D eigenvalue weighted by Gasteiger charge is -2.13. The highest BCUT2D eigenvalue weighted by molar-refractivity contribution is 7.90. The SMILES string of the molecule is Cc1cccc(CS(=O)(=O)c2cn(CC(=O)NCCC3=CCCCC3)c3ccccc23)c1. The van der Waals surface area contributed by atoms with Crippen LogP contribution in [0.4, 0.5) is 0 Å². The van der Waals surface area contributed by atoms with Crippen LogP contribution in [-0.4, -0.2) is 25.4 Å². The van der Waals surface area contributed by atoms with Crippen LogP contribution in [0.15, 0.2) is 71.3 Å². The Balaban J connectivity index is 1.50. The molecule has 1 aromatic heterocycles. The summed E-state index contributed by atoms with van der Waals surface area (Å²) in [6.07, 6.45) is 9.53. The highest BCUT2D eigenvalue weighted by atomic mass is 32.2. The lowest BCUT2D eigenvalue weighted by atomic mass is 9.97. The normalized spacial score (nSPS) is 14.3. The van der Waals surface area contributed by atoms with Gasteiger partial charge in [-0.05, 0) is 50.7 Å². The maximum atomic E-state index is 13.3. The molecule has 1 N–H and O–H groups in total. The zero-order chi connectivity index (χ0) is 22.6. The number of fused-ring (bicyclic) bond motifs is 1. The van der Waals surface area contributed by atoms with Crippen LogP contribution in [0.3, 0.4) is 0 Å². The van der Waals surface area contributed by atoms with Gasteiger partial charge in [0, 0.05) is 23.6 Å². The minimum Gasteiger partial charge on any atom is -0.354 e. The van der Waals surface area contributed by atoms with Gasteiger partial charge in [-0.2, -0.15) is 0 Å². The van der Waals surface area contributed by atoms with E-state index < -0.39 is 9.84 Å². The quantitative estimate of drug-likeness (QED) is 0.495. The molecule has 1 aliphatic carbocycles. The van der Waals surface area contributed by atoms with Gasteiger partial charge in [0.15, 0.2) is 9.84 Å². The minimum absolute atomic E-state index is 0.0655. The molecule has 0 unspecified atom stereocenters. The van der Waals surface area contributed by atoms with Crippen LogP contribution < -0.4 is 5.32 Å². The first-order chi connectivity index (χ1) is 15.4. The molecule has 3 aromatic rings. The molecule has 0 fully saturated rings. The molecule has 1 heterocycles. The Bertz CT molecular complexity index is 1260. The average molecular weight is 451 g/mol. The highest BCUT2D eigenvalue weighted by Crippen LogP contribution is 2.28. The standard InChI is InChI=1S/C26H30N2O3S/c1-20-8-7-11-22(16-20)19-32(30,31)25-17-28(24-13-6-5-12-23(24)25)18-26(29)27-15-14-21-9-3-2-4-10-21/h5-9,11-13,16-17H,2-4,10,14-15,18-19H2,1H3,(H,27,29). The molecule has 6 heteroatoms. The molecule has 0 spiro atoms. The smallest absolute Gasteiger partial charge is 0.239 e. The van der Waals surface area contributed by atoms with Crippen LogP contribution in [0.1, 0.15) is 43.2 Å². The molecular formula is C26H30N2O3S. The third-order valence-corrected chi connectivity index (χ3v) is 7.70. The van der Waals surface area contributed by atoms with Crippen molar-refractivity contribution in [2.24, 2.45) is 0 Å². The van der Waals surface area contributed by atoms with Gasteiger partial charge in [-0.3, -0.25) is 4.79 Å². The molecule has 0 bridgehead atoms. The van der Waals surface area contributed by atoms with E-state index in [9.17, 15) is 13.2 Å². The summed E-state index contributed by atoms with van der Waals surface area (Å²) in [7, 11) is -3.56. The van der Waals surface area contributed by atoms with Crippen molar-refractivity contribution in [1.82, 2.24) is 9.88 Å². The summed E-state index contributed by atoms with van der Waals surface area (Å²) in [5.41, 5.74) is 3.96. The maximum absolute atomic E-state index is 13.3. The molecule has 5 nitrogen and oxygen atoms in total. The number of para-hydroxylation sites is 1. The van der Waals surface area contributed by atoms with Gasteiger partial charge in [0.2, 0.25) is 5.91 Å². The molecule has 2 aromatic carbocycles. The molecule has 32 heavy (non-hydrogen) atoms. The van der Waals surface area contributed by atoms with E-state index in [4.69, 9.17) is 0 Å². The minimum atomic E-state index is -3.56. The monoisotopic (exact) mass is 450 g/mol. The van der Waals surface area contributed by atoms with Gasteiger partial charge in [-0.25, -0.2) is 8.42 Å². The topological polar surface area (TPSA) is 68.2 Å². The van der Waals surface area contributed by atoms with Crippen molar-refractivity contribution in [2.75, 3.05) is 6.54 Å². The Labute approximate surface area is 190 Å².